The van der Waals surface area contributed by atoms with Crippen LogP contribution in [0, 0.1) is 0 Å². The van der Waals surface area contributed by atoms with Gasteiger partial charge in [0.15, 0.2) is 6.54 Å². The van der Waals surface area contributed by atoms with Gasteiger partial charge in [0.2, 0.25) is 10.4 Å². The highest BCUT2D eigenvalue weighted by atomic mass is 32.3. The number of rotatable bonds is 1. The average molecular weight is 251 g/mol. The molecule has 0 atom stereocenters. The highest BCUT2D eigenvalue weighted by Gasteiger charge is 2.11. The molecule has 0 saturated heterocycles. The van der Waals surface area contributed by atoms with Crippen LogP contribution in [-0.4, -0.2) is 43.3 Å². The molecule has 1 heterocycles. The fourth-order valence-electron chi connectivity index (χ4n) is 1.23. The number of hydrogen-bond donors (Lipinski definition) is 0. The third-order valence-corrected chi connectivity index (χ3v) is 2.47. The number of nitrogens with zero attached hydrogens (tertiary/aromatic N) is 1. The monoisotopic (exact) mass is 251 g/mol. The Morgan fingerprint density at radius 1 is 1.38 bits per heavy atom. The zero-order valence-corrected chi connectivity index (χ0v) is 10.3. The highest BCUT2D eigenvalue weighted by molar-refractivity contribution is 7.80. The molecule has 1 amide bonds. The Labute approximate surface area is 95.9 Å². The van der Waals surface area contributed by atoms with E-state index < -0.39 is 10.4 Å². The highest BCUT2D eigenvalue weighted by Crippen LogP contribution is 2.02. The maximum atomic E-state index is 10.8. The summed E-state index contributed by atoms with van der Waals surface area (Å²) in [6.45, 7) is 2.55. The minimum atomic E-state index is -4.41. The van der Waals surface area contributed by atoms with E-state index in [-0.39, 0.29) is 5.91 Å². The molecule has 0 spiro atoms. The largest absolute Gasteiger partial charge is 0.726 e. The molecular formula is C9H17NO5S. The Morgan fingerprint density at radius 3 is 2.38 bits per heavy atom. The number of hydrogen-bond acceptors (Lipinski definition) is 5. The molecule has 0 unspecified atom stereocenters. The first-order valence-corrected chi connectivity index (χ1v) is 6.32. The summed E-state index contributed by atoms with van der Waals surface area (Å²) < 4.78 is 32.8. The molecule has 0 aromatic carbocycles. The molecule has 1 aliphatic heterocycles. The molecule has 1 aliphatic rings. The van der Waals surface area contributed by atoms with Crippen molar-refractivity contribution in [2.24, 2.45) is 0 Å². The Balaban J connectivity index is 0.000000325. The molecule has 0 aromatic heterocycles. The third kappa shape index (κ3) is 8.51. The van der Waals surface area contributed by atoms with Crippen LogP contribution in [-0.2, 0) is 19.4 Å². The van der Waals surface area contributed by atoms with Gasteiger partial charge in [-0.25, -0.2) is 13.2 Å². The molecule has 16 heavy (non-hydrogen) atoms. The van der Waals surface area contributed by atoms with Crippen molar-refractivity contribution >= 4 is 22.5 Å². The van der Waals surface area contributed by atoms with Crippen molar-refractivity contribution in [3.8, 4) is 0 Å². The summed E-state index contributed by atoms with van der Waals surface area (Å²) in [5.74, 6) is 0.182. The summed E-state index contributed by atoms with van der Waals surface area (Å²) in [6.07, 6.45) is 6.76. The van der Waals surface area contributed by atoms with Crippen LogP contribution in [0.3, 0.4) is 0 Å². The topological polar surface area (TPSA) is 86.5 Å². The molecule has 0 aromatic rings. The minimum Gasteiger partial charge on any atom is -0.726 e. The lowest BCUT2D eigenvalue weighted by Crippen LogP contribution is -2.18. The van der Waals surface area contributed by atoms with E-state index in [1.165, 1.54) is 12.8 Å². The SMILES string of the molecule is CC(=O)[N+]1=CCCCCC1.COS(=O)(=O)[O-]. The van der Waals surface area contributed by atoms with E-state index >= 15 is 0 Å². The smallest absolute Gasteiger partial charge is 0.383 e. The minimum absolute atomic E-state index is 0.182. The van der Waals surface area contributed by atoms with Crippen LogP contribution in [0.5, 0.6) is 0 Å². The van der Waals surface area contributed by atoms with Crippen molar-refractivity contribution in [1.82, 2.24) is 0 Å². The second-order valence-corrected chi connectivity index (χ2v) is 4.47. The lowest BCUT2D eigenvalue weighted by atomic mass is 10.2. The van der Waals surface area contributed by atoms with Gasteiger partial charge in [0.05, 0.1) is 14.0 Å². The van der Waals surface area contributed by atoms with Crippen LogP contribution in [0.25, 0.3) is 0 Å². The summed E-state index contributed by atoms with van der Waals surface area (Å²) in [5.41, 5.74) is 0. The summed E-state index contributed by atoms with van der Waals surface area (Å²) in [6, 6.07) is 0. The van der Waals surface area contributed by atoms with Gasteiger partial charge in [-0.05, 0) is 12.8 Å². The number of carbonyl (C=O) groups is 1. The van der Waals surface area contributed by atoms with Crippen molar-refractivity contribution in [2.45, 2.75) is 32.6 Å². The summed E-state index contributed by atoms with van der Waals surface area (Å²) in [7, 11) is -3.60. The number of carbonyl (C=O) groups excluding carboxylic acids is 1. The quantitative estimate of drug-likeness (QED) is 0.379. The first-order valence-electron chi connectivity index (χ1n) is 4.99. The standard InChI is InChI=1S/C8H14NO.CH4O4S/c1-8(10)9-6-4-2-3-5-7-9;1-5-6(2,3)4/h6H,2-5,7H2,1H3;1H3,(H,2,3,4)/q+1;/p-1. The Morgan fingerprint density at radius 2 is 1.94 bits per heavy atom. The van der Waals surface area contributed by atoms with Gasteiger partial charge in [0, 0.05) is 12.8 Å². The molecular weight excluding hydrogens is 234 g/mol. The van der Waals surface area contributed by atoms with Crippen LogP contribution in [0.4, 0.5) is 0 Å². The predicted octanol–water partition coefficient (Wildman–Crippen LogP) is 0.283. The molecule has 0 N–H and O–H groups in total. The lowest BCUT2D eigenvalue weighted by Gasteiger charge is -1.98. The van der Waals surface area contributed by atoms with E-state index in [0.29, 0.717) is 0 Å². The van der Waals surface area contributed by atoms with Crippen LogP contribution in [0.1, 0.15) is 32.6 Å². The molecule has 94 valence electrons. The van der Waals surface area contributed by atoms with Crippen molar-refractivity contribution < 1.29 is 26.5 Å². The van der Waals surface area contributed by atoms with Crippen LogP contribution in [0.2, 0.25) is 0 Å². The predicted molar refractivity (Wildman–Crippen MR) is 57.0 cm³/mol. The van der Waals surface area contributed by atoms with E-state index in [1.807, 2.05) is 10.8 Å². The van der Waals surface area contributed by atoms with Gasteiger partial charge in [-0.3, -0.25) is 4.18 Å². The van der Waals surface area contributed by atoms with Crippen molar-refractivity contribution in [2.75, 3.05) is 13.7 Å². The van der Waals surface area contributed by atoms with Crippen LogP contribution in [0.15, 0.2) is 0 Å². The first-order chi connectivity index (χ1) is 7.37. The fraction of sp³-hybridized carbons (Fsp3) is 0.778. The molecule has 0 fully saturated rings. The second kappa shape index (κ2) is 7.48. The van der Waals surface area contributed by atoms with Gasteiger partial charge >= 0.3 is 5.91 Å². The summed E-state index contributed by atoms with van der Waals surface area (Å²) >= 11 is 0. The molecule has 0 radical (unpaired) electrons. The van der Waals surface area contributed by atoms with E-state index in [4.69, 9.17) is 0 Å². The average Bonchev–Trinajstić information content (AvgIpc) is 2.45. The molecule has 1 rings (SSSR count). The summed E-state index contributed by atoms with van der Waals surface area (Å²) in [4.78, 5) is 10.8. The fourth-order valence-corrected chi connectivity index (χ4v) is 1.23. The Hall–Kier alpha value is -0.790. The zero-order valence-electron chi connectivity index (χ0n) is 9.51. The van der Waals surface area contributed by atoms with Crippen molar-refractivity contribution in [3.63, 3.8) is 0 Å². The third-order valence-electron chi connectivity index (χ3n) is 2.06. The molecule has 6 nitrogen and oxygen atoms in total. The lowest BCUT2D eigenvalue weighted by molar-refractivity contribution is -0.443. The van der Waals surface area contributed by atoms with Gasteiger partial charge < -0.3 is 4.55 Å². The van der Waals surface area contributed by atoms with Gasteiger partial charge in [0.1, 0.15) is 6.21 Å². The Kier molecular flexibility index (Phi) is 7.11. The normalized spacial score (nSPS) is 16.6. The van der Waals surface area contributed by atoms with Crippen LogP contribution >= 0.6 is 0 Å². The van der Waals surface area contributed by atoms with Gasteiger partial charge in [0.25, 0.3) is 0 Å². The van der Waals surface area contributed by atoms with E-state index in [0.717, 1.165) is 26.5 Å². The van der Waals surface area contributed by atoms with E-state index in [2.05, 4.69) is 4.18 Å². The Bertz CT molecular complexity index is 347. The summed E-state index contributed by atoms with van der Waals surface area (Å²) in [5, 5.41) is 0. The van der Waals surface area contributed by atoms with Crippen molar-refractivity contribution in [1.29, 1.82) is 0 Å². The maximum Gasteiger partial charge on any atom is 0.383 e. The van der Waals surface area contributed by atoms with Crippen LogP contribution < -0.4 is 0 Å². The second-order valence-electron chi connectivity index (χ2n) is 3.32. The van der Waals surface area contributed by atoms with Gasteiger partial charge in [-0.2, -0.15) is 4.58 Å². The van der Waals surface area contributed by atoms with E-state index in [9.17, 15) is 17.8 Å². The first kappa shape index (κ1) is 15.2. The maximum absolute atomic E-state index is 10.8. The molecule has 0 bridgehead atoms. The molecule has 0 saturated carbocycles. The van der Waals surface area contributed by atoms with E-state index in [1.54, 1.807) is 6.92 Å². The van der Waals surface area contributed by atoms with Gasteiger partial charge in [-0.15, -0.1) is 0 Å². The van der Waals surface area contributed by atoms with Gasteiger partial charge in [-0.1, -0.05) is 0 Å². The van der Waals surface area contributed by atoms with Crippen molar-refractivity contribution in [3.05, 3.63) is 0 Å². The molecule has 7 heteroatoms. The molecule has 0 aliphatic carbocycles. The zero-order chi connectivity index (χ0) is 12.6. The number of amides is 1.